The number of rotatable bonds is 6. The fraction of sp³-hybridized carbons (Fsp3) is 0.917. The van der Waals surface area contributed by atoms with Crippen LogP contribution in [0.3, 0.4) is 0 Å². The second kappa shape index (κ2) is 38.9. The highest BCUT2D eigenvalue weighted by Gasteiger charge is 2.40. The summed E-state index contributed by atoms with van der Waals surface area (Å²) in [7, 11) is 0. The van der Waals surface area contributed by atoms with E-state index in [0.29, 0.717) is 18.1 Å². The van der Waals surface area contributed by atoms with E-state index in [9.17, 15) is 10.2 Å². The zero-order valence-corrected chi connectivity index (χ0v) is 22.4. The number of unbranched alkanes of at least 4 members (excludes halogenated alkanes) is 1. The Balaban J connectivity index is -0.0000000633. The second-order valence-corrected chi connectivity index (χ2v) is 8.46. The summed E-state index contributed by atoms with van der Waals surface area (Å²) in [4.78, 5) is 32.5. The minimum atomic E-state index is -1.10. The third kappa shape index (κ3) is 48.1. The number of ether oxygens (including phenoxy) is 1. The van der Waals surface area contributed by atoms with Gasteiger partial charge in [-0.3, -0.25) is 0 Å². The SMILES string of the molecule is C.C.CC(C)[NH3+].CC(N)CCCCN.CC1OC(CO)C(O)C(O)C1N.CCC(C)[NH3+].O=C=O.O=C=O. The topological polar surface area (TPSA) is 272 Å². The van der Waals surface area contributed by atoms with Crippen LogP contribution < -0.4 is 28.7 Å². The highest BCUT2D eigenvalue weighted by atomic mass is 16.5. The van der Waals surface area contributed by atoms with Crippen molar-refractivity contribution in [1.82, 2.24) is 0 Å². The molecule has 7 atom stereocenters. The lowest BCUT2D eigenvalue weighted by atomic mass is 9.94. The summed E-state index contributed by atoms with van der Waals surface area (Å²) in [5.41, 5.74) is 23.7. The average molecular weight is 548 g/mol. The van der Waals surface area contributed by atoms with Crippen molar-refractivity contribution in [3.05, 3.63) is 0 Å². The van der Waals surface area contributed by atoms with Crippen LogP contribution in [0.5, 0.6) is 0 Å². The molecular weight excluding hydrogens is 486 g/mol. The van der Waals surface area contributed by atoms with Crippen LogP contribution in [-0.4, -0.2) is 89.4 Å². The Bertz CT molecular complexity index is 468. The standard InChI is InChI=1S/C7H15NO4.C6H16N2.C4H11N.C3H9N.2CO2.2CH4/c1-3-5(8)7(11)6(10)4(2-9)12-3;1-6(8)4-2-3-5-7;1-3-4(2)5;1-3(2)4;2*2-1-3;;/h3-7,9-11H,2,8H2,1H3;6H,2-5,7-8H2,1H3;4H,3,5H2,1-2H3;3H,4H2,1-2H3;;;2*1H4/p+2. The van der Waals surface area contributed by atoms with Gasteiger partial charge in [-0.15, -0.1) is 0 Å². The van der Waals surface area contributed by atoms with Crippen molar-refractivity contribution in [3.63, 3.8) is 0 Å². The lowest BCUT2D eigenvalue weighted by molar-refractivity contribution is -0.414. The van der Waals surface area contributed by atoms with Crippen LogP contribution in [0.15, 0.2) is 0 Å². The van der Waals surface area contributed by atoms with E-state index in [1.807, 2.05) is 6.92 Å². The maximum absolute atomic E-state index is 9.35. The molecule has 1 heterocycles. The van der Waals surface area contributed by atoms with Crippen molar-refractivity contribution < 1.29 is 50.7 Å². The Morgan fingerprint density at radius 3 is 1.54 bits per heavy atom. The summed E-state index contributed by atoms with van der Waals surface area (Å²) >= 11 is 0. The lowest BCUT2D eigenvalue weighted by Gasteiger charge is -2.39. The van der Waals surface area contributed by atoms with Crippen molar-refractivity contribution in [3.8, 4) is 0 Å². The second-order valence-electron chi connectivity index (χ2n) is 8.46. The third-order valence-corrected chi connectivity index (χ3v) is 4.05. The van der Waals surface area contributed by atoms with Crippen molar-refractivity contribution in [2.75, 3.05) is 13.2 Å². The average Bonchev–Trinajstić information content (AvgIpc) is 2.76. The van der Waals surface area contributed by atoms with Gasteiger partial charge in [-0.05, 0) is 60.4 Å². The van der Waals surface area contributed by atoms with Crippen LogP contribution in [0, 0.1) is 0 Å². The molecule has 0 radical (unpaired) electrons. The van der Waals surface area contributed by atoms with Gasteiger partial charge >= 0.3 is 12.3 Å². The van der Waals surface area contributed by atoms with Gasteiger partial charge in [-0.25, -0.2) is 0 Å². The van der Waals surface area contributed by atoms with Crippen LogP contribution in [0.1, 0.15) is 82.1 Å². The minimum absolute atomic E-state index is 0. The molecule has 228 valence electrons. The molecule has 0 aliphatic carbocycles. The maximum Gasteiger partial charge on any atom is 0.373 e. The van der Waals surface area contributed by atoms with E-state index in [0.717, 1.165) is 19.4 Å². The Labute approximate surface area is 224 Å². The van der Waals surface area contributed by atoms with Crippen molar-refractivity contribution in [1.29, 1.82) is 0 Å². The number of quaternary nitrogens is 2. The molecule has 0 aromatic rings. The van der Waals surface area contributed by atoms with Crippen LogP contribution in [0.2, 0.25) is 0 Å². The van der Waals surface area contributed by atoms with Gasteiger partial charge in [0.05, 0.1) is 30.8 Å². The summed E-state index contributed by atoms with van der Waals surface area (Å²) < 4.78 is 5.15. The summed E-state index contributed by atoms with van der Waals surface area (Å²) in [6, 6.07) is 0.972. The van der Waals surface area contributed by atoms with Crippen molar-refractivity contribution in [2.24, 2.45) is 17.2 Å². The quantitative estimate of drug-likeness (QED) is 0.169. The molecule has 1 saturated heterocycles. The molecule has 0 aromatic heterocycles. The van der Waals surface area contributed by atoms with Gasteiger partial charge in [0.2, 0.25) is 0 Å². The third-order valence-electron chi connectivity index (χ3n) is 4.05. The summed E-state index contributed by atoms with van der Waals surface area (Å²) in [5, 5.41) is 27.4. The Kier molecular flexibility index (Phi) is 54.6. The summed E-state index contributed by atoms with van der Waals surface area (Å²) in [6.07, 6.45) is 1.90. The monoisotopic (exact) mass is 547 g/mol. The highest BCUT2D eigenvalue weighted by Crippen LogP contribution is 2.18. The van der Waals surface area contributed by atoms with E-state index in [4.69, 9.17) is 46.2 Å². The van der Waals surface area contributed by atoms with Gasteiger partial charge in [0.15, 0.2) is 0 Å². The number of aliphatic hydroxyl groups excluding tert-OH is 3. The first-order valence-electron chi connectivity index (χ1n) is 11.7. The zero-order valence-electron chi connectivity index (χ0n) is 22.4. The highest BCUT2D eigenvalue weighted by molar-refractivity contribution is 5.20. The van der Waals surface area contributed by atoms with Gasteiger partial charge < -0.3 is 48.7 Å². The summed E-state index contributed by atoms with van der Waals surface area (Å²) in [5.74, 6) is 0. The molecule has 1 fully saturated rings. The predicted molar refractivity (Wildman–Crippen MR) is 142 cm³/mol. The fourth-order valence-electron chi connectivity index (χ4n) is 1.93. The Morgan fingerprint density at radius 2 is 1.30 bits per heavy atom. The van der Waals surface area contributed by atoms with Crippen LogP contribution in [-0.2, 0) is 23.9 Å². The lowest BCUT2D eigenvalue weighted by Crippen LogP contribution is -2.60. The fourth-order valence-corrected chi connectivity index (χ4v) is 1.93. The first-order chi connectivity index (χ1) is 16.2. The number of hydrogen-bond donors (Lipinski definition) is 8. The smallest absolute Gasteiger partial charge is 0.373 e. The molecule has 1 aliphatic rings. The molecule has 1 aliphatic heterocycles. The van der Waals surface area contributed by atoms with Crippen molar-refractivity contribution in [2.45, 2.75) is 131 Å². The Morgan fingerprint density at radius 1 is 0.946 bits per heavy atom. The normalized spacial score (nSPS) is 22.4. The van der Waals surface area contributed by atoms with Gasteiger partial charge in [0.1, 0.15) is 18.3 Å². The van der Waals surface area contributed by atoms with E-state index in [-0.39, 0.29) is 39.9 Å². The first kappa shape index (κ1) is 51.9. The first-order valence-corrected chi connectivity index (χ1v) is 11.7. The maximum atomic E-state index is 9.35. The van der Waals surface area contributed by atoms with Gasteiger partial charge in [0.25, 0.3) is 0 Å². The van der Waals surface area contributed by atoms with E-state index < -0.39 is 24.4 Å². The largest absolute Gasteiger partial charge is 0.394 e. The predicted octanol–water partition coefficient (Wildman–Crippen LogP) is -1.95. The van der Waals surface area contributed by atoms with Crippen LogP contribution in [0.4, 0.5) is 0 Å². The molecule has 1 rings (SSSR count). The molecule has 0 saturated carbocycles. The molecule has 0 bridgehead atoms. The van der Waals surface area contributed by atoms with E-state index in [1.54, 1.807) is 6.92 Å². The van der Waals surface area contributed by atoms with Gasteiger partial charge in [-0.2, -0.15) is 19.2 Å². The molecule has 13 nitrogen and oxygen atoms in total. The van der Waals surface area contributed by atoms with E-state index in [2.05, 4.69) is 39.2 Å². The van der Waals surface area contributed by atoms with E-state index in [1.165, 1.54) is 12.8 Å². The van der Waals surface area contributed by atoms with Gasteiger partial charge in [0, 0.05) is 6.04 Å². The molecular formula is C24H61N5O8+2. The van der Waals surface area contributed by atoms with Crippen molar-refractivity contribution >= 4 is 12.3 Å². The molecule has 0 aromatic carbocycles. The van der Waals surface area contributed by atoms with Crippen LogP contribution in [0.25, 0.3) is 0 Å². The molecule has 7 unspecified atom stereocenters. The molecule has 15 N–H and O–H groups in total. The van der Waals surface area contributed by atoms with Crippen LogP contribution >= 0.6 is 0 Å². The summed E-state index contributed by atoms with van der Waals surface area (Å²) in [6.45, 7) is 12.6. The number of hydrogen-bond acceptors (Lipinski definition) is 11. The van der Waals surface area contributed by atoms with Gasteiger partial charge in [-0.1, -0.05) is 28.2 Å². The zero-order chi connectivity index (χ0) is 29.0. The Hall–Kier alpha value is -1.60. The molecule has 0 spiro atoms. The minimum Gasteiger partial charge on any atom is -0.394 e. The molecule has 37 heavy (non-hydrogen) atoms. The molecule has 13 heteroatoms. The number of aliphatic hydroxyl groups is 3. The number of carbonyl (C=O) groups excluding carboxylic acids is 4. The van der Waals surface area contributed by atoms with E-state index >= 15 is 0 Å². The molecule has 0 amide bonds. The number of nitrogens with two attached hydrogens (primary N) is 3.